The van der Waals surface area contributed by atoms with E-state index in [1.165, 1.54) is 6.07 Å². The normalized spacial score (nSPS) is 12.0. The predicted molar refractivity (Wildman–Crippen MR) is 81.2 cm³/mol. The van der Waals surface area contributed by atoms with Crippen molar-refractivity contribution in [1.29, 1.82) is 0 Å². The Hall–Kier alpha value is -2.07. The first-order valence-electron chi connectivity index (χ1n) is 6.84. The van der Waals surface area contributed by atoms with Crippen LogP contribution >= 0.6 is 0 Å². The first-order valence-corrected chi connectivity index (χ1v) is 6.84. The van der Waals surface area contributed by atoms with Crippen LogP contribution < -0.4 is 14.8 Å². The molecule has 1 N–H and O–H groups in total. The largest absolute Gasteiger partial charge is 0.493 e. The van der Waals surface area contributed by atoms with Gasteiger partial charge in [-0.15, -0.1) is 0 Å². The van der Waals surface area contributed by atoms with Crippen LogP contribution in [0.5, 0.6) is 11.5 Å². The van der Waals surface area contributed by atoms with Gasteiger partial charge in [-0.2, -0.15) is 0 Å². The molecule has 0 heterocycles. The second-order valence-corrected chi connectivity index (χ2v) is 4.81. The molecule has 21 heavy (non-hydrogen) atoms. The maximum Gasteiger partial charge on any atom is 0.161 e. The summed E-state index contributed by atoms with van der Waals surface area (Å²) in [7, 11) is 3.22. The van der Waals surface area contributed by atoms with Gasteiger partial charge in [-0.05, 0) is 30.7 Å². The highest BCUT2D eigenvalue weighted by Crippen LogP contribution is 2.27. The molecular formula is C17H20FNO2. The molecule has 0 aliphatic carbocycles. The Kier molecular flexibility index (Phi) is 5.17. The van der Waals surface area contributed by atoms with Crippen molar-refractivity contribution in [3.05, 3.63) is 59.4 Å². The minimum atomic E-state index is -0.190. The minimum Gasteiger partial charge on any atom is -0.493 e. The van der Waals surface area contributed by atoms with Gasteiger partial charge in [0.2, 0.25) is 0 Å². The number of halogens is 1. The van der Waals surface area contributed by atoms with Crippen LogP contribution in [-0.4, -0.2) is 14.2 Å². The summed E-state index contributed by atoms with van der Waals surface area (Å²) in [6.45, 7) is 2.56. The molecule has 0 fully saturated rings. The summed E-state index contributed by atoms with van der Waals surface area (Å²) in [5.41, 5.74) is 1.72. The molecule has 0 saturated heterocycles. The lowest BCUT2D eigenvalue weighted by Gasteiger charge is -2.16. The van der Waals surface area contributed by atoms with E-state index in [-0.39, 0.29) is 11.9 Å². The van der Waals surface area contributed by atoms with E-state index >= 15 is 0 Å². The number of hydrogen-bond acceptors (Lipinski definition) is 3. The van der Waals surface area contributed by atoms with Crippen molar-refractivity contribution < 1.29 is 13.9 Å². The fraction of sp³-hybridized carbons (Fsp3) is 0.294. The van der Waals surface area contributed by atoms with Gasteiger partial charge >= 0.3 is 0 Å². The third-order valence-corrected chi connectivity index (χ3v) is 3.43. The quantitative estimate of drug-likeness (QED) is 0.879. The number of nitrogens with one attached hydrogen (secondary N) is 1. The molecule has 4 heteroatoms. The molecule has 0 aromatic heterocycles. The smallest absolute Gasteiger partial charge is 0.161 e. The van der Waals surface area contributed by atoms with Gasteiger partial charge < -0.3 is 14.8 Å². The maximum atomic E-state index is 13.7. The van der Waals surface area contributed by atoms with Gasteiger partial charge in [0.25, 0.3) is 0 Å². The van der Waals surface area contributed by atoms with E-state index in [1.54, 1.807) is 26.4 Å². The van der Waals surface area contributed by atoms with Crippen LogP contribution in [0.4, 0.5) is 4.39 Å². The van der Waals surface area contributed by atoms with E-state index in [9.17, 15) is 4.39 Å². The zero-order chi connectivity index (χ0) is 15.2. The molecule has 0 amide bonds. The molecule has 112 valence electrons. The Morgan fingerprint density at radius 2 is 1.76 bits per heavy atom. The molecule has 2 aromatic rings. The molecule has 0 radical (unpaired) electrons. The summed E-state index contributed by atoms with van der Waals surface area (Å²) in [6, 6.07) is 12.5. The number of methoxy groups -OCH3 is 2. The molecule has 0 saturated carbocycles. The molecule has 0 aliphatic rings. The summed E-state index contributed by atoms with van der Waals surface area (Å²) in [5.74, 6) is 1.20. The lowest BCUT2D eigenvalue weighted by Crippen LogP contribution is -2.19. The summed E-state index contributed by atoms with van der Waals surface area (Å²) in [5, 5.41) is 3.31. The third kappa shape index (κ3) is 3.73. The second kappa shape index (κ2) is 7.09. The highest BCUT2D eigenvalue weighted by atomic mass is 19.1. The van der Waals surface area contributed by atoms with Gasteiger partial charge in [0.1, 0.15) is 5.82 Å². The van der Waals surface area contributed by atoms with Crippen LogP contribution in [0.25, 0.3) is 0 Å². The van der Waals surface area contributed by atoms with Crippen LogP contribution in [0.15, 0.2) is 42.5 Å². The first kappa shape index (κ1) is 15.3. The Labute approximate surface area is 124 Å². The van der Waals surface area contributed by atoms with E-state index in [0.717, 1.165) is 5.56 Å². The topological polar surface area (TPSA) is 30.5 Å². The van der Waals surface area contributed by atoms with Crippen LogP contribution in [0, 0.1) is 5.82 Å². The number of hydrogen-bond donors (Lipinski definition) is 1. The highest BCUT2D eigenvalue weighted by Gasteiger charge is 2.10. The Balaban J connectivity index is 2.04. The van der Waals surface area contributed by atoms with Gasteiger partial charge in [-0.3, -0.25) is 0 Å². The van der Waals surface area contributed by atoms with Gasteiger partial charge in [0.15, 0.2) is 11.5 Å². The average Bonchev–Trinajstić information content (AvgIpc) is 2.52. The van der Waals surface area contributed by atoms with E-state index < -0.39 is 0 Å². The van der Waals surface area contributed by atoms with Crippen LogP contribution in [0.1, 0.15) is 24.1 Å². The average molecular weight is 289 g/mol. The zero-order valence-electron chi connectivity index (χ0n) is 12.5. The van der Waals surface area contributed by atoms with Gasteiger partial charge in [0, 0.05) is 18.2 Å². The lowest BCUT2D eigenvalue weighted by molar-refractivity contribution is 0.354. The van der Waals surface area contributed by atoms with Gasteiger partial charge in [-0.1, -0.05) is 24.3 Å². The minimum absolute atomic E-state index is 0.0701. The van der Waals surface area contributed by atoms with Crippen LogP contribution in [0.2, 0.25) is 0 Å². The van der Waals surface area contributed by atoms with Crippen LogP contribution in [0.3, 0.4) is 0 Å². The first-order chi connectivity index (χ1) is 10.2. The van der Waals surface area contributed by atoms with Gasteiger partial charge in [-0.25, -0.2) is 4.39 Å². The Bertz CT molecular complexity index is 601. The molecule has 3 nitrogen and oxygen atoms in total. The molecule has 0 bridgehead atoms. The lowest BCUT2D eigenvalue weighted by atomic mass is 10.1. The Morgan fingerprint density at radius 1 is 1.05 bits per heavy atom. The summed E-state index contributed by atoms with van der Waals surface area (Å²) >= 11 is 0. The SMILES string of the molecule is COc1ccc(CNC(C)c2ccccc2F)cc1OC. The predicted octanol–water partition coefficient (Wildman–Crippen LogP) is 3.69. The molecule has 1 unspecified atom stereocenters. The summed E-state index contributed by atoms with van der Waals surface area (Å²) < 4.78 is 24.2. The van der Waals surface area contributed by atoms with Crippen molar-refractivity contribution in [2.24, 2.45) is 0 Å². The van der Waals surface area contributed by atoms with Crippen molar-refractivity contribution in [2.75, 3.05) is 14.2 Å². The zero-order valence-corrected chi connectivity index (χ0v) is 12.5. The van der Waals surface area contributed by atoms with E-state index in [2.05, 4.69) is 5.32 Å². The van der Waals surface area contributed by atoms with Crippen molar-refractivity contribution in [1.82, 2.24) is 5.32 Å². The van der Waals surface area contributed by atoms with Crippen LogP contribution in [-0.2, 0) is 6.54 Å². The third-order valence-electron chi connectivity index (χ3n) is 3.43. The fourth-order valence-electron chi connectivity index (χ4n) is 2.20. The Morgan fingerprint density at radius 3 is 2.43 bits per heavy atom. The number of rotatable bonds is 6. The van der Waals surface area contributed by atoms with Crippen molar-refractivity contribution in [2.45, 2.75) is 19.5 Å². The molecule has 1 atom stereocenters. The van der Waals surface area contributed by atoms with Gasteiger partial charge in [0.05, 0.1) is 14.2 Å². The molecule has 2 rings (SSSR count). The highest BCUT2D eigenvalue weighted by molar-refractivity contribution is 5.42. The molecule has 2 aromatic carbocycles. The van der Waals surface area contributed by atoms with E-state index in [1.807, 2.05) is 31.2 Å². The summed E-state index contributed by atoms with van der Waals surface area (Å²) in [6.07, 6.45) is 0. The molecular weight excluding hydrogens is 269 g/mol. The van der Waals surface area contributed by atoms with E-state index in [0.29, 0.717) is 23.6 Å². The van der Waals surface area contributed by atoms with Crippen molar-refractivity contribution >= 4 is 0 Å². The summed E-state index contributed by atoms with van der Waals surface area (Å²) in [4.78, 5) is 0. The maximum absolute atomic E-state index is 13.7. The van der Waals surface area contributed by atoms with E-state index in [4.69, 9.17) is 9.47 Å². The number of ether oxygens (including phenoxy) is 2. The second-order valence-electron chi connectivity index (χ2n) is 4.81. The van der Waals surface area contributed by atoms with Crippen molar-refractivity contribution in [3.8, 4) is 11.5 Å². The standard InChI is InChI=1S/C17H20FNO2/c1-12(14-6-4-5-7-15(14)18)19-11-13-8-9-16(20-2)17(10-13)21-3/h4-10,12,19H,11H2,1-3H3. The van der Waals surface area contributed by atoms with Crippen molar-refractivity contribution in [3.63, 3.8) is 0 Å². The monoisotopic (exact) mass is 289 g/mol. The molecule has 0 spiro atoms. The molecule has 0 aliphatic heterocycles. The number of benzene rings is 2. The fourth-order valence-corrected chi connectivity index (χ4v) is 2.20.